The van der Waals surface area contributed by atoms with Crippen molar-refractivity contribution in [3.05, 3.63) is 64.5 Å². The molecule has 0 aliphatic heterocycles. The van der Waals surface area contributed by atoms with Crippen LogP contribution in [0.5, 0.6) is 0 Å². The molecule has 0 saturated carbocycles. The molecular weight excluding hydrogens is 394 g/mol. The van der Waals surface area contributed by atoms with Crippen LogP contribution >= 0.6 is 23.1 Å². The lowest BCUT2D eigenvalue weighted by Crippen LogP contribution is -2.17. The fraction of sp³-hybridized carbons (Fsp3) is 0.167. The van der Waals surface area contributed by atoms with Gasteiger partial charge in [0.2, 0.25) is 11.1 Å². The molecule has 1 amide bonds. The Kier molecular flexibility index (Phi) is 5.49. The Balaban J connectivity index is 1.41. The number of hydrogen-bond acceptors (Lipinski definition) is 7. The number of tetrazole rings is 1. The van der Waals surface area contributed by atoms with Gasteiger partial charge in [-0.1, -0.05) is 36.0 Å². The van der Waals surface area contributed by atoms with Crippen LogP contribution in [0.2, 0.25) is 0 Å². The highest BCUT2D eigenvalue weighted by Crippen LogP contribution is 2.20. The monoisotopic (exact) mass is 411 g/mol. The summed E-state index contributed by atoms with van der Waals surface area (Å²) in [7, 11) is 0. The highest BCUT2D eigenvalue weighted by Gasteiger charge is 2.14. The van der Waals surface area contributed by atoms with Crippen molar-refractivity contribution in [3.8, 4) is 5.69 Å². The van der Waals surface area contributed by atoms with Gasteiger partial charge in [0.25, 0.3) is 0 Å². The molecule has 0 bridgehead atoms. The number of carbonyl (C=O) groups excluding carboxylic acids is 1. The summed E-state index contributed by atoms with van der Waals surface area (Å²) in [5.74, 6) is 0.685. The van der Waals surface area contributed by atoms with Crippen molar-refractivity contribution in [2.24, 2.45) is 0 Å². The van der Waals surface area contributed by atoms with E-state index in [2.05, 4.69) is 25.9 Å². The quantitative estimate of drug-likeness (QED) is 0.470. The highest BCUT2D eigenvalue weighted by molar-refractivity contribution is 7.99. The number of carbonyl (C=O) groups is 1. The maximum Gasteiger partial charge on any atom is 0.236 e. The first kappa shape index (κ1) is 18.4. The third-order valence-electron chi connectivity index (χ3n) is 3.82. The molecule has 1 aromatic carbocycles. The van der Waals surface area contributed by atoms with Crippen molar-refractivity contribution >= 4 is 34.8 Å². The third kappa shape index (κ3) is 4.29. The van der Waals surface area contributed by atoms with Crippen LogP contribution in [-0.4, -0.2) is 41.6 Å². The van der Waals surface area contributed by atoms with E-state index in [-0.39, 0.29) is 11.7 Å². The summed E-state index contributed by atoms with van der Waals surface area (Å²) < 4.78 is 3.42. The van der Waals surface area contributed by atoms with Crippen LogP contribution in [0.25, 0.3) is 5.69 Å². The molecule has 0 saturated heterocycles. The van der Waals surface area contributed by atoms with Crippen LogP contribution in [0.3, 0.4) is 0 Å². The van der Waals surface area contributed by atoms with Gasteiger partial charge < -0.3 is 5.32 Å². The Labute approximate surface area is 169 Å². The van der Waals surface area contributed by atoms with Gasteiger partial charge in [0.15, 0.2) is 0 Å². The molecule has 4 aromatic rings. The van der Waals surface area contributed by atoms with Gasteiger partial charge in [-0.2, -0.15) is 5.10 Å². The van der Waals surface area contributed by atoms with E-state index in [9.17, 15) is 4.79 Å². The minimum absolute atomic E-state index is 0.146. The summed E-state index contributed by atoms with van der Waals surface area (Å²) in [5, 5.41) is 21.7. The average molecular weight is 412 g/mol. The highest BCUT2D eigenvalue weighted by atomic mass is 32.2. The zero-order valence-electron chi connectivity index (χ0n) is 15.0. The van der Waals surface area contributed by atoms with Crippen molar-refractivity contribution in [1.29, 1.82) is 0 Å². The zero-order valence-corrected chi connectivity index (χ0v) is 16.7. The van der Waals surface area contributed by atoms with Gasteiger partial charge in [0, 0.05) is 10.9 Å². The number of hydrogen-bond donors (Lipinski definition) is 1. The maximum absolute atomic E-state index is 12.5. The van der Waals surface area contributed by atoms with Crippen LogP contribution in [0, 0.1) is 6.92 Å². The number of nitrogens with zero attached hydrogens (tertiary/aromatic N) is 6. The second-order valence-electron chi connectivity index (χ2n) is 5.95. The van der Waals surface area contributed by atoms with Crippen molar-refractivity contribution in [2.45, 2.75) is 18.6 Å². The largest absolute Gasteiger partial charge is 0.310 e. The van der Waals surface area contributed by atoms with Crippen molar-refractivity contribution in [3.63, 3.8) is 0 Å². The summed E-state index contributed by atoms with van der Waals surface area (Å²) >= 11 is 2.94. The van der Waals surface area contributed by atoms with Crippen LogP contribution in [0.15, 0.2) is 59.1 Å². The predicted molar refractivity (Wildman–Crippen MR) is 109 cm³/mol. The Morgan fingerprint density at radius 2 is 2.07 bits per heavy atom. The van der Waals surface area contributed by atoms with E-state index in [4.69, 9.17) is 0 Å². The van der Waals surface area contributed by atoms with Crippen LogP contribution in [0.1, 0.15) is 10.6 Å². The molecule has 1 N–H and O–H groups in total. The number of amides is 1. The summed E-state index contributed by atoms with van der Waals surface area (Å²) in [6.07, 6.45) is 0. The molecule has 0 radical (unpaired) electrons. The minimum Gasteiger partial charge on any atom is -0.310 e. The SMILES string of the molecule is Cc1cc(NC(=O)CSc2nnnn2Cc2cccs2)n(-c2ccccc2)n1. The molecule has 3 aromatic heterocycles. The first-order chi connectivity index (χ1) is 13.7. The van der Waals surface area contributed by atoms with Crippen LogP contribution in [0.4, 0.5) is 5.82 Å². The summed E-state index contributed by atoms with van der Waals surface area (Å²) in [6.45, 7) is 2.48. The lowest BCUT2D eigenvalue weighted by atomic mass is 10.3. The van der Waals surface area contributed by atoms with Crippen LogP contribution < -0.4 is 5.32 Å². The number of aromatic nitrogens is 6. The van der Waals surface area contributed by atoms with E-state index in [0.717, 1.165) is 16.3 Å². The standard InChI is InChI=1S/C18H17N7OS2/c1-13-10-16(25(21-13)14-6-3-2-4-7-14)19-17(26)12-28-18-20-22-23-24(18)11-15-8-5-9-27-15/h2-10H,11-12H2,1H3,(H,19,26). The fourth-order valence-corrected chi connectivity index (χ4v) is 3.98. The second kappa shape index (κ2) is 8.36. The molecule has 0 atom stereocenters. The molecule has 0 aliphatic carbocycles. The summed E-state index contributed by atoms with van der Waals surface area (Å²) in [4.78, 5) is 13.6. The smallest absolute Gasteiger partial charge is 0.236 e. The molecule has 0 aliphatic rings. The lowest BCUT2D eigenvalue weighted by Gasteiger charge is -2.08. The number of para-hydroxylation sites is 1. The summed E-state index contributed by atoms with van der Waals surface area (Å²) in [5.41, 5.74) is 1.71. The number of benzene rings is 1. The molecule has 142 valence electrons. The van der Waals surface area contributed by atoms with Gasteiger partial charge in [-0.05, 0) is 40.9 Å². The van der Waals surface area contributed by atoms with Gasteiger partial charge in [0.05, 0.1) is 23.7 Å². The average Bonchev–Trinajstić information content (AvgIpc) is 3.43. The maximum atomic E-state index is 12.5. The number of thioether (sulfide) groups is 1. The molecule has 28 heavy (non-hydrogen) atoms. The van der Waals surface area contributed by atoms with E-state index in [0.29, 0.717) is 17.5 Å². The molecule has 3 heterocycles. The van der Waals surface area contributed by atoms with E-state index >= 15 is 0 Å². The van der Waals surface area contributed by atoms with Gasteiger partial charge in [-0.3, -0.25) is 4.79 Å². The Morgan fingerprint density at radius 3 is 2.86 bits per heavy atom. The molecule has 0 spiro atoms. The van der Waals surface area contributed by atoms with E-state index < -0.39 is 0 Å². The van der Waals surface area contributed by atoms with E-state index in [1.54, 1.807) is 20.7 Å². The topological polar surface area (TPSA) is 90.5 Å². The molecular formula is C18H17N7OS2. The number of aryl methyl sites for hydroxylation is 1. The minimum atomic E-state index is -0.146. The third-order valence-corrected chi connectivity index (χ3v) is 5.64. The molecule has 8 nitrogen and oxygen atoms in total. The van der Waals surface area contributed by atoms with E-state index in [1.165, 1.54) is 11.8 Å². The van der Waals surface area contributed by atoms with Crippen molar-refractivity contribution in [1.82, 2.24) is 30.0 Å². The Bertz CT molecular complexity index is 1060. The molecule has 0 unspecified atom stereocenters. The predicted octanol–water partition coefficient (Wildman–Crippen LogP) is 3.01. The Morgan fingerprint density at radius 1 is 1.21 bits per heavy atom. The zero-order chi connectivity index (χ0) is 19.3. The number of anilines is 1. The normalized spacial score (nSPS) is 10.9. The van der Waals surface area contributed by atoms with Crippen molar-refractivity contribution in [2.75, 3.05) is 11.1 Å². The van der Waals surface area contributed by atoms with Gasteiger partial charge in [-0.25, -0.2) is 9.36 Å². The Hall–Kier alpha value is -2.98. The van der Waals surface area contributed by atoms with Crippen LogP contribution in [-0.2, 0) is 11.3 Å². The molecule has 4 rings (SSSR count). The van der Waals surface area contributed by atoms with Crippen molar-refractivity contribution < 1.29 is 4.79 Å². The van der Waals surface area contributed by atoms with Gasteiger partial charge >= 0.3 is 0 Å². The van der Waals surface area contributed by atoms with Gasteiger partial charge in [-0.15, -0.1) is 16.4 Å². The van der Waals surface area contributed by atoms with E-state index in [1.807, 2.05) is 60.8 Å². The first-order valence-electron chi connectivity index (χ1n) is 8.52. The number of rotatable bonds is 7. The number of nitrogens with one attached hydrogen (secondary N) is 1. The second-order valence-corrected chi connectivity index (χ2v) is 7.93. The van der Waals surface area contributed by atoms with Gasteiger partial charge in [0.1, 0.15) is 5.82 Å². The molecule has 0 fully saturated rings. The first-order valence-corrected chi connectivity index (χ1v) is 10.4. The molecule has 10 heteroatoms. The lowest BCUT2D eigenvalue weighted by molar-refractivity contribution is -0.113. The number of thiophene rings is 1. The fourth-order valence-electron chi connectivity index (χ4n) is 2.61. The summed E-state index contributed by atoms with van der Waals surface area (Å²) in [6, 6.07) is 15.5.